The first-order chi connectivity index (χ1) is 6.69. The first kappa shape index (κ1) is 9.11. The highest BCUT2D eigenvalue weighted by molar-refractivity contribution is 5.84. The van der Waals surface area contributed by atoms with Gasteiger partial charge in [-0.1, -0.05) is 0 Å². The Hall–Kier alpha value is -1.46. The summed E-state index contributed by atoms with van der Waals surface area (Å²) in [6.45, 7) is 5.02. The van der Waals surface area contributed by atoms with E-state index in [1.807, 2.05) is 13.8 Å². The lowest BCUT2D eigenvalue weighted by molar-refractivity contribution is 0.181. The molecule has 6 nitrogen and oxygen atoms in total. The van der Waals surface area contributed by atoms with Gasteiger partial charge in [0.1, 0.15) is 12.3 Å². The molecule has 2 aliphatic rings. The van der Waals surface area contributed by atoms with Crippen molar-refractivity contribution >= 4 is 12.1 Å². The maximum atomic E-state index is 11.7. The lowest BCUT2D eigenvalue weighted by Gasteiger charge is -2.19. The molecule has 14 heavy (non-hydrogen) atoms. The molecule has 2 N–H and O–H groups in total. The van der Waals surface area contributed by atoms with E-state index in [0.717, 1.165) is 0 Å². The van der Waals surface area contributed by atoms with E-state index in [4.69, 9.17) is 0 Å². The van der Waals surface area contributed by atoms with E-state index in [1.54, 1.807) is 9.80 Å². The Morgan fingerprint density at radius 2 is 1.50 bits per heavy atom. The number of nitrogens with one attached hydrogen (secondary N) is 2. The van der Waals surface area contributed by atoms with Gasteiger partial charge < -0.3 is 20.4 Å². The van der Waals surface area contributed by atoms with Crippen LogP contribution in [0.15, 0.2) is 0 Å². The second-order valence-corrected chi connectivity index (χ2v) is 3.36. The van der Waals surface area contributed by atoms with Gasteiger partial charge in [0.05, 0.1) is 0 Å². The largest absolute Gasteiger partial charge is 0.323 e. The number of hydrogen-bond donors (Lipinski definition) is 2. The van der Waals surface area contributed by atoms with E-state index in [9.17, 15) is 9.59 Å². The van der Waals surface area contributed by atoms with Crippen LogP contribution < -0.4 is 10.6 Å². The van der Waals surface area contributed by atoms with Gasteiger partial charge in [-0.25, -0.2) is 9.59 Å². The summed E-state index contributed by atoms with van der Waals surface area (Å²) in [6.07, 6.45) is -0.417. The van der Waals surface area contributed by atoms with Gasteiger partial charge in [0.15, 0.2) is 0 Å². The lowest BCUT2D eigenvalue weighted by Crippen LogP contribution is -2.43. The van der Waals surface area contributed by atoms with Gasteiger partial charge in [0.2, 0.25) is 0 Å². The minimum atomic E-state index is -0.208. The highest BCUT2D eigenvalue weighted by atomic mass is 16.2. The molecule has 0 aromatic rings. The predicted octanol–water partition coefficient (Wildman–Crippen LogP) is -0.271. The molecule has 0 aliphatic carbocycles. The summed E-state index contributed by atoms with van der Waals surface area (Å²) < 4.78 is 0. The smallest absolute Gasteiger partial charge is 0.314 e. The standard InChI is InChI=1S/C8H14N4O2/c1-3-11-5-6(10-7(13)9-5)12(4-2)8(11)14/h5-6H,3-4H2,1-2H3,(H2,9,10,13). The number of amides is 4. The molecule has 2 atom stereocenters. The Labute approximate surface area is 82.2 Å². The molecular weight excluding hydrogens is 184 g/mol. The van der Waals surface area contributed by atoms with E-state index < -0.39 is 0 Å². The number of likely N-dealkylation sites (N-methyl/N-ethyl adjacent to an activating group) is 2. The summed E-state index contributed by atoms with van der Waals surface area (Å²) in [5.74, 6) is 0. The van der Waals surface area contributed by atoms with Gasteiger partial charge in [-0.15, -0.1) is 0 Å². The summed E-state index contributed by atoms with van der Waals surface area (Å²) in [7, 11) is 0. The number of carbonyl (C=O) groups is 2. The Balaban J connectivity index is 2.24. The van der Waals surface area contributed by atoms with Gasteiger partial charge in [0, 0.05) is 13.1 Å². The Kier molecular flexibility index (Phi) is 1.98. The fourth-order valence-electron chi connectivity index (χ4n) is 2.03. The van der Waals surface area contributed by atoms with E-state index in [-0.39, 0.29) is 24.4 Å². The molecule has 78 valence electrons. The molecule has 0 bridgehead atoms. The molecule has 2 rings (SSSR count). The van der Waals surface area contributed by atoms with E-state index >= 15 is 0 Å². The van der Waals surface area contributed by atoms with Crippen LogP contribution in [0.2, 0.25) is 0 Å². The molecule has 0 aromatic carbocycles. The molecule has 6 heteroatoms. The monoisotopic (exact) mass is 198 g/mol. The highest BCUT2D eigenvalue weighted by Crippen LogP contribution is 2.21. The van der Waals surface area contributed by atoms with Gasteiger partial charge in [-0.05, 0) is 13.8 Å². The average Bonchev–Trinajstić information content (AvgIpc) is 2.59. The zero-order valence-corrected chi connectivity index (χ0v) is 8.28. The average molecular weight is 198 g/mol. The fraction of sp³-hybridized carbons (Fsp3) is 0.750. The minimum absolute atomic E-state index is 0.0162. The summed E-state index contributed by atoms with van der Waals surface area (Å²) in [5.41, 5.74) is 0. The normalized spacial score (nSPS) is 30.4. The molecule has 2 heterocycles. The molecule has 0 radical (unpaired) electrons. The molecular formula is C8H14N4O2. The van der Waals surface area contributed by atoms with Crippen LogP contribution in [0.1, 0.15) is 13.8 Å². The Bertz CT molecular complexity index is 257. The zero-order valence-electron chi connectivity index (χ0n) is 8.28. The summed E-state index contributed by atoms with van der Waals surface area (Å²) >= 11 is 0. The molecule has 0 aromatic heterocycles. The number of rotatable bonds is 2. The van der Waals surface area contributed by atoms with Crippen molar-refractivity contribution in [1.29, 1.82) is 0 Å². The number of urea groups is 2. The van der Waals surface area contributed by atoms with Crippen LogP contribution in [0.25, 0.3) is 0 Å². The summed E-state index contributed by atoms with van der Waals surface area (Å²) in [6, 6.07) is -0.220. The molecule has 2 fully saturated rings. The summed E-state index contributed by atoms with van der Waals surface area (Å²) in [4.78, 5) is 26.2. The molecule has 2 unspecified atom stereocenters. The van der Waals surface area contributed by atoms with Crippen molar-refractivity contribution < 1.29 is 9.59 Å². The maximum absolute atomic E-state index is 11.7. The van der Waals surface area contributed by atoms with Crippen molar-refractivity contribution in [1.82, 2.24) is 20.4 Å². The van der Waals surface area contributed by atoms with Gasteiger partial charge in [0.25, 0.3) is 0 Å². The third-order valence-corrected chi connectivity index (χ3v) is 2.70. The van der Waals surface area contributed by atoms with Crippen molar-refractivity contribution in [3.8, 4) is 0 Å². The van der Waals surface area contributed by atoms with Crippen molar-refractivity contribution in [3.63, 3.8) is 0 Å². The molecule has 4 amide bonds. The number of nitrogens with zero attached hydrogens (tertiary/aromatic N) is 2. The lowest BCUT2D eigenvalue weighted by atomic mass is 10.4. The van der Waals surface area contributed by atoms with Gasteiger partial charge in [-0.3, -0.25) is 0 Å². The van der Waals surface area contributed by atoms with Gasteiger partial charge in [-0.2, -0.15) is 0 Å². The topological polar surface area (TPSA) is 64.7 Å². The number of hydrogen-bond acceptors (Lipinski definition) is 2. The first-order valence-electron chi connectivity index (χ1n) is 4.83. The highest BCUT2D eigenvalue weighted by Gasteiger charge is 2.49. The first-order valence-corrected chi connectivity index (χ1v) is 4.83. The molecule has 2 aliphatic heterocycles. The minimum Gasteiger partial charge on any atom is -0.314 e. The van der Waals surface area contributed by atoms with Crippen molar-refractivity contribution in [2.45, 2.75) is 26.2 Å². The van der Waals surface area contributed by atoms with Crippen LogP contribution in [-0.2, 0) is 0 Å². The maximum Gasteiger partial charge on any atom is 0.323 e. The third kappa shape index (κ3) is 1.03. The van der Waals surface area contributed by atoms with Crippen LogP contribution in [0, 0.1) is 0 Å². The van der Waals surface area contributed by atoms with Crippen LogP contribution in [0.3, 0.4) is 0 Å². The fourth-order valence-corrected chi connectivity index (χ4v) is 2.03. The van der Waals surface area contributed by atoms with Crippen molar-refractivity contribution in [2.24, 2.45) is 0 Å². The van der Waals surface area contributed by atoms with E-state index in [0.29, 0.717) is 13.1 Å². The Morgan fingerprint density at radius 3 is 1.86 bits per heavy atom. The van der Waals surface area contributed by atoms with Crippen LogP contribution in [-0.4, -0.2) is 47.3 Å². The molecule has 0 saturated carbocycles. The van der Waals surface area contributed by atoms with Crippen LogP contribution in [0.4, 0.5) is 9.59 Å². The zero-order chi connectivity index (χ0) is 10.3. The third-order valence-electron chi connectivity index (χ3n) is 2.70. The molecule has 2 saturated heterocycles. The van der Waals surface area contributed by atoms with Crippen molar-refractivity contribution in [3.05, 3.63) is 0 Å². The van der Waals surface area contributed by atoms with Crippen molar-refractivity contribution in [2.75, 3.05) is 13.1 Å². The summed E-state index contributed by atoms with van der Waals surface area (Å²) in [5, 5.41) is 5.45. The quantitative estimate of drug-likeness (QED) is 0.641. The molecule has 0 spiro atoms. The second-order valence-electron chi connectivity index (χ2n) is 3.36. The van der Waals surface area contributed by atoms with Crippen LogP contribution >= 0.6 is 0 Å². The van der Waals surface area contributed by atoms with E-state index in [2.05, 4.69) is 10.6 Å². The van der Waals surface area contributed by atoms with E-state index in [1.165, 1.54) is 0 Å². The predicted molar refractivity (Wildman–Crippen MR) is 49.4 cm³/mol. The SMILES string of the molecule is CCN1C(=O)N(CC)C2NC(=O)NC21. The van der Waals surface area contributed by atoms with Gasteiger partial charge >= 0.3 is 12.1 Å². The Morgan fingerprint density at radius 1 is 1.07 bits per heavy atom. The number of fused-ring (bicyclic) bond motifs is 1. The van der Waals surface area contributed by atoms with Crippen LogP contribution in [0.5, 0.6) is 0 Å². The second kappa shape index (κ2) is 3.04. The number of carbonyl (C=O) groups excluding carboxylic acids is 2.